The van der Waals surface area contributed by atoms with Crippen LogP contribution in [0.1, 0.15) is 42.9 Å². The number of rotatable bonds is 12. The fourth-order valence-corrected chi connectivity index (χ4v) is 5.13. The van der Waals surface area contributed by atoms with Crippen molar-refractivity contribution in [2.45, 2.75) is 45.3 Å². The van der Waals surface area contributed by atoms with Crippen LogP contribution in [-0.2, 0) is 19.1 Å². The fourth-order valence-electron chi connectivity index (χ4n) is 5.13. The Balaban J connectivity index is 1.29. The summed E-state index contributed by atoms with van der Waals surface area (Å²) in [5.74, 6) is -14.8. The van der Waals surface area contributed by atoms with Crippen molar-refractivity contribution in [3.8, 4) is 33.8 Å². The van der Waals surface area contributed by atoms with Crippen LogP contribution in [0.5, 0.6) is 11.5 Å². The van der Waals surface area contributed by atoms with Gasteiger partial charge in [0.1, 0.15) is 52.8 Å². The van der Waals surface area contributed by atoms with Gasteiger partial charge >= 0.3 is 6.11 Å². The molecule has 256 valence electrons. The van der Waals surface area contributed by atoms with Crippen molar-refractivity contribution >= 4 is 0 Å². The molecular formula is C37H26F10O2. The minimum absolute atomic E-state index is 0.0478. The highest BCUT2D eigenvalue weighted by atomic mass is 19.3. The molecule has 2 nitrogen and oxygen atoms in total. The van der Waals surface area contributed by atoms with Crippen LogP contribution < -0.4 is 9.47 Å². The van der Waals surface area contributed by atoms with Crippen LogP contribution >= 0.6 is 0 Å². The van der Waals surface area contributed by atoms with Crippen molar-refractivity contribution in [2.24, 2.45) is 0 Å². The summed E-state index contributed by atoms with van der Waals surface area (Å²) >= 11 is 0. The maximum atomic E-state index is 15.2. The van der Waals surface area contributed by atoms with Crippen LogP contribution in [0, 0.1) is 46.5 Å². The van der Waals surface area contributed by atoms with E-state index < -0.39 is 81.9 Å². The molecule has 5 rings (SSSR count). The molecule has 0 aliphatic carbocycles. The second kappa shape index (κ2) is 14.6. The van der Waals surface area contributed by atoms with Gasteiger partial charge in [0, 0.05) is 29.8 Å². The fraction of sp³-hybridized carbons (Fsp3) is 0.189. The van der Waals surface area contributed by atoms with Gasteiger partial charge in [0.15, 0.2) is 17.5 Å². The van der Waals surface area contributed by atoms with E-state index in [1.807, 2.05) is 24.3 Å². The number of halogens is 10. The highest BCUT2D eigenvalue weighted by Crippen LogP contribution is 2.38. The van der Waals surface area contributed by atoms with Crippen LogP contribution in [-0.4, -0.2) is 0 Å². The van der Waals surface area contributed by atoms with Gasteiger partial charge in [-0.1, -0.05) is 56.2 Å². The van der Waals surface area contributed by atoms with Gasteiger partial charge in [-0.15, -0.1) is 0 Å². The van der Waals surface area contributed by atoms with Crippen molar-refractivity contribution in [1.82, 2.24) is 0 Å². The second-order valence-electron chi connectivity index (χ2n) is 11.1. The number of aryl methyl sites for hydroxylation is 1. The molecule has 0 unspecified atom stereocenters. The molecule has 0 aromatic heterocycles. The van der Waals surface area contributed by atoms with Gasteiger partial charge < -0.3 is 9.47 Å². The number of hydrogen-bond donors (Lipinski definition) is 0. The smallest absolute Gasteiger partial charge is 0.432 e. The topological polar surface area (TPSA) is 18.5 Å². The molecular weight excluding hydrogens is 666 g/mol. The largest absolute Gasteiger partial charge is 0.488 e. The Hall–Kier alpha value is -5.00. The van der Waals surface area contributed by atoms with Gasteiger partial charge in [0.25, 0.3) is 0 Å². The zero-order valence-electron chi connectivity index (χ0n) is 25.6. The van der Waals surface area contributed by atoms with Crippen molar-refractivity contribution in [2.75, 3.05) is 0 Å². The minimum Gasteiger partial charge on any atom is -0.488 e. The first kappa shape index (κ1) is 35.3. The molecule has 0 N–H and O–H groups in total. The number of ether oxygens (including phenoxy) is 2. The number of benzene rings is 5. The predicted octanol–water partition coefficient (Wildman–Crippen LogP) is 11.6. The van der Waals surface area contributed by atoms with E-state index in [0.717, 1.165) is 48.9 Å². The van der Waals surface area contributed by atoms with Crippen LogP contribution in [0.15, 0.2) is 78.9 Å². The Morgan fingerprint density at radius 2 is 1.10 bits per heavy atom. The van der Waals surface area contributed by atoms with E-state index >= 15 is 13.2 Å². The molecule has 0 fully saturated rings. The third-order valence-electron chi connectivity index (χ3n) is 7.67. The third-order valence-corrected chi connectivity index (χ3v) is 7.67. The minimum atomic E-state index is -4.84. The molecule has 0 spiro atoms. The van der Waals surface area contributed by atoms with Crippen LogP contribution in [0.2, 0.25) is 0 Å². The van der Waals surface area contributed by atoms with Crippen molar-refractivity contribution < 1.29 is 53.4 Å². The second-order valence-corrected chi connectivity index (χ2v) is 11.1. The summed E-state index contributed by atoms with van der Waals surface area (Å²) in [6.45, 7) is 1.17. The summed E-state index contributed by atoms with van der Waals surface area (Å²) in [6.07, 6.45) is -0.619. The number of alkyl halides is 2. The molecule has 49 heavy (non-hydrogen) atoms. The summed E-state index contributed by atoms with van der Waals surface area (Å²) in [5.41, 5.74) is -0.467. The summed E-state index contributed by atoms with van der Waals surface area (Å²) in [4.78, 5) is 0. The molecule has 12 heteroatoms. The van der Waals surface area contributed by atoms with E-state index in [4.69, 9.17) is 4.74 Å². The van der Waals surface area contributed by atoms with Gasteiger partial charge in [-0.3, -0.25) is 0 Å². The average molecular weight is 693 g/mol. The molecule has 0 saturated carbocycles. The molecule has 0 aliphatic heterocycles. The number of unbranched alkanes of at least 4 members (excludes halogenated alkanes) is 2. The molecule has 0 saturated heterocycles. The van der Waals surface area contributed by atoms with E-state index in [1.54, 1.807) is 6.07 Å². The summed E-state index contributed by atoms with van der Waals surface area (Å²) in [5, 5.41) is 0. The molecule has 0 bridgehead atoms. The summed E-state index contributed by atoms with van der Waals surface area (Å²) in [6, 6.07) is 14.2. The van der Waals surface area contributed by atoms with Crippen LogP contribution in [0.4, 0.5) is 43.9 Å². The number of hydrogen-bond acceptors (Lipinski definition) is 2. The first-order valence-electron chi connectivity index (χ1n) is 15.0. The maximum Gasteiger partial charge on any atom is 0.432 e. The quantitative estimate of drug-likeness (QED) is 0.0736. The van der Waals surface area contributed by atoms with Gasteiger partial charge in [0.05, 0.1) is 5.56 Å². The lowest BCUT2D eigenvalue weighted by Gasteiger charge is -2.20. The van der Waals surface area contributed by atoms with Crippen LogP contribution in [0.25, 0.3) is 22.3 Å². The van der Waals surface area contributed by atoms with E-state index in [0.29, 0.717) is 5.56 Å². The maximum absolute atomic E-state index is 15.2. The van der Waals surface area contributed by atoms with E-state index in [2.05, 4.69) is 11.7 Å². The molecule has 0 atom stereocenters. The molecule has 5 aromatic rings. The van der Waals surface area contributed by atoms with Crippen molar-refractivity contribution in [1.29, 1.82) is 0 Å². The van der Waals surface area contributed by atoms with Gasteiger partial charge in [-0.2, -0.15) is 8.78 Å². The molecule has 0 heterocycles. The molecule has 0 radical (unpaired) electrons. The monoisotopic (exact) mass is 692 g/mol. The first-order valence-corrected chi connectivity index (χ1v) is 15.0. The SMILES string of the molecule is CCCCCc1ccc(-c2ccc(-c3cc(F)c(COc4cc(F)c(C(F)(F)Oc5cc(F)c(F)c(F)c5)c(F)c4)c(F)c3)c(F)c2)cc1. The Kier molecular flexibility index (Phi) is 10.5. The van der Waals surface area contributed by atoms with Crippen LogP contribution in [0.3, 0.4) is 0 Å². The first-order chi connectivity index (χ1) is 23.3. The highest BCUT2D eigenvalue weighted by Gasteiger charge is 2.41. The normalized spacial score (nSPS) is 11.6. The van der Waals surface area contributed by atoms with E-state index in [-0.39, 0.29) is 35.4 Å². The standard InChI is InChI=1S/C37H26F10O2/c1-2-3-4-5-20-6-8-21(9-7-20)22-10-11-26(28(38)12-22)23-13-29(39)27(30(40)14-23)19-48-24-15-31(41)35(32(42)16-24)37(46,47)49-25-17-33(43)36(45)34(44)18-25/h6-18H,2-5,19H2,1H3. The van der Waals surface area contributed by atoms with Gasteiger partial charge in [-0.05, 0) is 53.3 Å². The van der Waals surface area contributed by atoms with E-state index in [1.165, 1.54) is 12.1 Å². The van der Waals surface area contributed by atoms with Gasteiger partial charge in [-0.25, -0.2) is 35.1 Å². The lowest BCUT2D eigenvalue weighted by atomic mass is 9.97. The lowest BCUT2D eigenvalue weighted by molar-refractivity contribution is -0.189. The Labute approximate surface area is 274 Å². The lowest BCUT2D eigenvalue weighted by Crippen LogP contribution is -2.25. The third kappa shape index (κ3) is 8.01. The average Bonchev–Trinajstić information content (AvgIpc) is 3.03. The summed E-state index contributed by atoms with van der Waals surface area (Å²) in [7, 11) is 0. The molecule has 5 aromatic carbocycles. The molecule has 0 amide bonds. The summed E-state index contributed by atoms with van der Waals surface area (Å²) < 4.78 is 153. The highest BCUT2D eigenvalue weighted by molar-refractivity contribution is 5.71. The zero-order chi connectivity index (χ0) is 35.5. The zero-order valence-corrected chi connectivity index (χ0v) is 25.6. The molecule has 0 aliphatic rings. The van der Waals surface area contributed by atoms with Crippen molar-refractivity contribution in [3.05, 3.63) is 142 Å². The van der Waals surface area contributed by atoms with Crippen molar-refractivity contribution in [3.63, 3.8) is 0 Å². The Bertz CT molecular complexity index is 1910. The predicted molar refractivity (Wildman–Crippen MR) is 162 cm³/mol. The van der Waals surface area contributed by atoms with Gasteiger partial charge in [0.2, 0.25) is 0 Å². The Morgan fingerprint density at radius 3 is 1.67 bits per heavy atom. The Morgan fingerprint density at radius 1 is 0.551 bits per heavy atom. The van der Waals surface area contributed by atoms with E-state index in [9.17, 15) is 30.7 Å².